The number of aromatic nitrogens is 3. The average Bonchev–Trinajstić information content (AvgIpc) is 3.63. The Labute approximate surface area is 315 Å². The molecule has 0 amide bonds. The summed E-state index contributed by atoms with van der Waals surface area (Å²) in [6, 6.07) is 43.0. The first kappa shape index (κ1) is 34.5. The average molecular weight is 850 g/mol. The quantitative estimate of drug-likeness (QED) is 0.156. The number of para-hydroxylation sites is 3. The number of hydrogen-bond acceptors (Lipinski definition) is 5. The van der Waals surface area contributed by atoms with Crippen molar-refractivity contribution in [1.29, 1.82) is 0 Å². The van der Waals surface area contributed by atoms with E-state index >= 15 is 0 Å². The van der Waals surface area contributed by atoms with Crippen molar-refractivity contribution in [2.75, 3.05) is 9.80 Å². The predicted octanol–water partition coefficient (Wildman–Crippen LogP) is 10.8. The van der Waals surface area contributed by atoms with Gasteiger partial charge in [-0.3, -0.25) is 0 Å². The van der Waals surface area contributed by atoms with Crippen LogP contribution in [-0.4, -0.2) is 14.5 Å². The van der Waals surface area contributed by atoms with Crippen LogP contribution in [0.2, 0.25) is 0 Å². The van der Waals surface area contributed by atoms with Crippen LogP contribution in [0, 0.1) is 18.8 Å². The van der Waals surface area contributed by atoms with Crippen LogP contribution >= 0.6 is 0 Å². The maximum Gasteiger partial charge on any atom is 0.232 e. The van der Waals surface area contributed by atoms with Crippen molar-refractivity contribution in [2.45, 2.75) is 58.9 Å². The summed E-state index contributed by atoms with van der Waals surface area (Å²) in [6.07, 6.45) is 3.85. The molecule has 0 spiro atoms. The zero-order chi connectivity index (χ0) is 34.6. The zero-order valence-electron chi connectivity index (χ0n) is 29.7. The van der Waals surface area contributed by atoms with Gasteiger partial charge in [0.2, 0.25) is 5.95 Å². The van der Waals surface area contributed by atoms with E-state index in [1.54, 1.807) is 0 Å². The Bertz CT molecular complexity index is 2340. The molecule has 0 aliphatic carbocycles. The minimum atomic E-state index is -0.123. The van der Waals surface area contributed by atoms with E-state index in [-0.39, 0.29) is 31.9 Å². The van der Waals surface area contributed by atoms with Gasteiger partial charge in [-0.2, -0.15) is 12.7 Å². The summed E-state index contributed by atoms with van der Waals surface area (Å²) in [5.41, 5.74) is 8.36. The molecule has 260 valence electrons. The van der Waals surface area contributed by atoms with Crippen molar-refractivity contribution in [2.24, 2.45) is 0 Å². The van der Waals surface area contributed by atoms with Crippen LogP contribution in [0.3, 0.4) is 0 Å². The van der Waals surface area contributed by atoms with Crippen LogP contribution < -0.4 is 14.5 Å². The Morgan fingerprint density at radius 2 is 1.33 bits per heavy atom. The van der Waals surface area contributed by atoms with Gasteiger partial charge in [0.15, 0.2) is 0 Å². The Morgan fingerprint density at radius 3 is 2.06 bits per heavy atom. The predicted molar refractivity (Wildman–Crippen MR) is 203 cm³/mol. The standard InChI is InChI=1S/C44H40N5O.Pt/c1-43(2,3)31-22-33(48-29-47(28-30-14-8-7-9-15-30)39-18-12-13-19-40(39)48)24-35(23-31)50-34-20-21-37-36-16-10-11-17-38(36)49(41(37)25-34)42-45-26-32(27-46-42)44(4,5)6;/h7-23,26-27,29H,28H2,1-6H3;/q-3;. The summed E-state index contributed by atoms with van der Waals surface area (Å²) in [6.45, 7) is 16.1. The van der Waals surface area contributed by atoms with Crippen LogP contribution in [0.1, 0.15) is 58.2 Å². The molecule has 8 rings (SSSR count). The molecule has 0 fully saturated rings. The number of benzene rings is 5. The minimum absolute atomic E-state index is 0. The molecule has 7 heteroatoms. The minimum Gasteiger partial charge on any atom is -0.509 e. The molecule has 0 bridgehead atoms. The number of ether oxygens (including phenoxy) is 1. The van der Waals surface area contributed by atoms with E-state index in [1.165, 1.54) is 5.56 Å². The van der Waals surface area contributed by atoms with Gasteiger partial charge in [-0.1, -0.05) is 108 Å². The molecule has 6 nitrogen and oxygen atoms in total. The van der Waals surface area contributed by atoms with E-state index in [9.17, 15) is 0 Å². The van der Waals surface area contributed by atoms with Crippen molar-refractivity contribution in [3.05, 3.63) is 151 Å². The Kier molecular flexibility index (Phi) is 9.01. The van der Waals surface area contributed by atoms with Gasteiger partial charge >= 0.3 is 0 Å². The van der Waals surface area contributed by atoms with Gasteiger partial charge in [0, 0.05) is 68.4 Å². The number of hydrogen-bond donors (Lipinski definition) is 0. The van der Waals surface area contributed by atoms with E-state index < -0.39 is 0 Å². The number of anilines is 3. The Morgan fingerprint density at radius 1 is 0.667 bits per heavy atom. The summed E-state index contributed by atoms with van der Waals surface area (Å²) in [5, 5.41) is 2.17. The molecule has 0 saturated heterocycles. The second-order valence-electron chi connectivity index (χ2n) is 15.0. The summed E-state index contributed by atoms with van der Waals surface area (Å²) >= 11 is 0. The molecule has 3 heterocycles. The molecule has 0 N–H and O–H groups in total. The number of rotatable bonds is 6. The van der Waals surface area contributed by atoms with Crippen molar-refractivity contribution >= 4 is 38.9 Å². The van der Waals surface area contributed by atoms with Crippen LogP contribution in [0.15, 0.2) is 116 Å². The number of nitrogens with zero attached hydrogens (tertiary/aromatic N) is 5. The Balaban J connectivity index is 0.00000406. The maximum absolute atomic E-state index is 6.66. The van der Waals surface area contributed by atoms with Crippen LogP contribution in [0.5, 0.6) is 11.5 Å². The van der Waals surface area contributed by atoms with Gasteiger partial charge in [0.05, 0.1) is 0 Å². The zero-order valence-corrected chi connectivity index (χ0v) is 32.0. The third-order valence-electron chi connectivity index (χ3n) is 9.34. The maximum atomic E-state index is 6.66. The van der Waals surface area contributed by atoms with Crippen molar-refractivity contribution < 1.29 is 25.8 Å². The second-order valence-corrected chi connectivity index (χ2v) is 15.0. The third kappa shape index (κ3) is 6.66. The third-order valence-corrected chi connectivity index (χ3v) is 9.34. The molecule has 0 unspecified atom stereocenters. The van der Waals surface area contributed by atoms with Gasteiger partial charge in [-0.05, 0) is 45.5 Å². The van der Waals surface area contributed by atoms with Crippen LogP contribution in [0.25, 0.3) is 27.8 Å². The van der Waals surface area contributed by atoms with Gasteiger partial charge in [-0.25, -0.2) is 9.97 Å². The first-order chi connectivity index (χ1) is 24.0. The topological polar surface area (TPSA) is 46.4 Å². The molecule has 7 aromatic rings. The van der Waals surface area contributed by atoms with Crippen LogP contribution in [-0.2, 0) is 38.4 Å². The summed E-state index contributed by atoms with van der Waals surface area (Å²) in [7, 11) is 0. The first-order valence-corrected chi connectivity index (χ1v) is 17.1. The van der Waals surface area contributed by atoms with Gasteiger partial charge in [0.25, 0.3) is 0 Å². The largest absolute Gasteiger partial charge is 0.509 e. The monoisotopic (exact) mass is 849 g/mol. The SMILES string of the molecule is CC(C)(C)c1cnc(-n2c3[c-]c(Oc4[c-]c(N5[CH-]N(Cc6ccccc6)c6ccccc65)cc(C(C)(C)C)c4)ccc3c3ccccc32)nc1.[Pt]. The molecule has 1 aliphatic heterocycles. The smallest absolute Gasteiger partial charge is 0.232 e. The molecule has 0 saturated carbocycles. The summed E-state index contributed by atoms with van der Waals surface area (Å²) < 4.78 is 8.74. The van der Waals surface area contributed by atoms with Crippen molar-refractivity contribution in [3.8, 4) is 17.4 Å². The van der Waals surface area contributed by atoms with E-state index in [0.717, 1.165) is 56.5 Å². The molecule has 0 radical (unpaired) electrons. The van der Waals surface area contributed by atoms with Gasteiger partial charge in [0.1, 0.15) is 0 Å². The van der Waals surface area contributed by atoms with E-state index in [0.29, 0.717) is 17.4 Å². The molecule has 51 heavy (non-hydrogen) atoms. The van der Waals surface area contributed by atoms with E-state index in [4.69, 9.17) is 14.7 Å². The fourth-order valence-corrected chi connectivity index (χ4v) is 6.50. The van der Waals surface area contributed by atoms with Crippen LogP contribution in [0.4, 0.5) is 17.1 Å². The van der Waals surface area contributed by atoms with Gasteiger partial charge < -0.3 is 19.1 Å². The van der Waals surface area contributed by atoms with E-state index in [1.807, 2.05) is 24.5 Å². The molecule has 5 aromatic carbocycles. The summed E-state index contributed by atoms with van der Waals surface area (Å²) in [4.78, 5) is 14.1. The normalized spacial score (nSPS) is 13.1. The van der Waals surface area contributed by atoms with Crippen molar-refractivity contribution in [1.82, 2.24) is 14.5 Å². The molecule has 0 atom stereocenters. The fourth-order valence-electron chi connectivity index (χ4n) is 6.50. The van der Waals surface area contributed by atoms with Crippen molar-refractivity contribution in [3.63, 3.8) is 0 Å². The molecular weight excluding hydrogens is 810 g/mol. The molecule has 2 aromatic heterocycles. The first-order valence-electron chi connectivity index (χ1n) is 17.1. The van der Waals surface area contributed by atoms with Gasteiger partial charge in [-0.15, -0.1) is 47.0 Å². The summed E-state index contributed by atoms with van der Waals surface area (Å²) in [5.74, 6) is 1.82. The van der Waals surface area contributed by atoms with E-state index in [2.05, 4.69) is 166 Å². The molecule has 1 aliphatic rings. The fraction of sp³-hybridized carbons (Fsp3) is 0.205. The second kappa shape index (κ2) is 13.3. The number of fused-ring (bicyclic) bond motifs is 4. The molecular formula is C44H40N5OPt-3. The Hall–Kier alpha value is -4.93.